The van der Waals surface area contributed by atoms with E-state index in [9.17, 15) is 0 Å². The van der Waals surface area contributed by atoms with Gasteiger partial charge in [-0.15, -0.1) is 0 Å². The predicted molar refractivity (Wildman–Crippen MR) is 75.2 cm³/mol. The van der Waals surface area contributed by atoms with Gasteiger partial charge in [0.15, 0.2) is 0 Å². The van der Waals surface area contributed by atoms with Crippen molar-refractivity contribution in [3.63, 3.8) is 0 Å². The van der Waals surface area contributed by atoms with E-state index in [-0.39, 0.29) is 5.54 Å². The summed E-state index contributed by atoms with van der Waals surface area (Å²) in [7, 11) is 0. The largest absolute Gasteiger partial charge is 0.314 e. The highest BCUT2D eigenvalue weighted by molar-refractivity contribution is 5.03. The Kier molecular flexibility index (Phi) is 4.77. The minimum absolute atomic E-state index is 0.254. The fourth-order valence-corrected chi connectivity index (χ4v) is 2.62. The number of hydrogen-bond donors (Lipinski definition) is 1. The van der Waals surface area contributed by atoms with Gasteiger partial charge in [0.25, 0.3) is 0 Å². The molecular formula is C14H28N4. The first-order chi connectivity index (χ1) is 8.15. The summed E-state index contributed by atoms with van der Waals surface area (Å²) in [5, 5.41) is 8.99. The van der Waals surface area contributed by atoms with Gasteiger partial charge in [-0.3, -0.25) is 9.80 Å². The number of nitrogens with two attached hydrogens (primary N) is 1. The Morgan fingerprint density at radius 2 is 1.67 bits per heavy atom. The highest BCUT2D eigenvalue weighted by Gasteiger charge is 2.30. The van der Waals surface area contributed by atoms with Gasteiger partial charge >= 0.3 is 0 Å². The topological polar surface area (TPSA) is 56.3 Å². The van der Waals surface area contributed by atoms with E-state index in [1.54, 1.807) is 0 Å². The molecule has 0 saturated carbocycles. The van der Waals surface area contributed by atoms with Crippen molar-refractivity contribution >= 4 is 0 Å². The molecule has 1 rings (SSSR count). The summed E-state index contributed by atoms with van der Waals surface area (Å²) in [6.45, 7) is 15.1. The van der Waals surface area contributed by atoms with Gasteiger partial charge in [0.05, 0.1) is 6.07 Å². The van der Waals surface area contributed by atoms with Gasteiger partial charge in [-0.25, -0.2) is 0 Å². The SMILES string of the molecule is CC(CC(C)(N)C#N)N1CCN(C(C)(C)C)CC1. The van der Waals surface area contributed by atoms with E-state index in [1.807, 2.05) is 6.92 Å². The van der Waals surface area contributed by atoms with Crippen LogP contribution in [-0.2, 0) is 0 Å². The first-order valence-electron chi connectivity index (χ1n) is 6.85. The standard InChI is InChI=1S/C14H28N4/c1-12(10-14(5,16)11-15)17-6-8-18(9-7-17)13(2,3)4/h12H,6-10,16H2,1-5H3. The number of nitriles is 1. The van der Waals surface area contributed by atoms with E-state index in [4.69, 9.17) is 11.0 Å². The Hall–Kier alpha value is -0.630. The summed E-state index contributed by atoms with van der Waals surface area (Å²) >= 11 is 0. The second-order valence-electron chi connectivity index (χ2n) is 6.78. The third-order valence-corrected chi connectivity index (χ3v) is 3.86. The molecule has 0 aliphatic carbocycles. The molecule has 2 atom stereocenters. The zero-order chi connectivity index (χ0) is 14.0. The molecule has 1 fully saturated rings. The second-order valence-corrected chi connectivity index (χ2v) is 6.78. The van der Waals surface area contributed by atoms with E-state index >= 15 is 0 Å². The molecule has 4 nitrogen and oxygen atoms in total. The van der Waals surface area contributed by atoms with Crippen molar-refractivity contribution in [1.82, 2.24) is 9.80 Å². The lowest BCUT2D eigenvalue weighted by Gasteiger charge is -2.44. The Bertz CT molecular complexity index is 303. The van der Waals surface area contributed by atoms with Crippen LogP contribution in [0.4, 0.5) is 0 Å². The number of piperazine rings is 1. The molecular weight excluding hydrogens is 224 g/mol. The van der Waals surface area contributed by atoms with Crippen LogP contribution in [0, 0.1) is 11.3 Å². The van der Waals surface area contributed by atoms with Crippen molar-refractivity contribution in [1.29, 1.82) is 5.26 Å². The van der Waals surface area contributed by atoms with Gasteiger partial charge in [-0.1, -0.05) is 0 Å². The van der Waals surface area contributed by atoms with Gasteiger partial charge in [-0.2, -0.15) is 5.26 Å². The average Bonchev–Trinajstić information content (AvgIpc) is 2.27. The zero-order valence-electron chi connectivity index (χ0n) is 12.5. The molecule has 0 amide bonds. The van der Waals surface area contributed by atoms with Crippen LogP contribution in [0.15, 0.2) is 0 Å². The molecule has 0 radical (unpaired) electrons. The Balaban J connectivity index is 2.46. The maximum absolute atomic E-state index is 8.99. The molecule has 2 N–H and O–H groups in total. The summed E-state index contributed by atoms with van der Waals surface area (Å²) in [5.41, 5.74) is 5.47. The van der Waals surface area contributed by atoms with Crippen molar-refractivity contribution < 1.29 is 0 Å². The highest BCUT2D eigenvalue weighted by Crippen LogP contribution is 2.19. The lowest BCUT2D eigenvalue weighted by atomic mass is 9.95. The molecule has 0 spiro atoms. The number of rotatable bonds is 3. The van der Waals surface area contributed by atoms with Gasteiger partial charge in [0.1, 0.15) is 5.54 Å². The molecule has 1 aliphatic rings. The van der Waals surface area contributed by atoms with Crippen molar-refractivity contribution in [2.75, 3.05) is 26.2 Å². The van der Waals surface area contributed by atoms with Crippen LogP contribution in [0.3, 0.4) is 0 Å². The van der Waals surface area contributed by atoms with E-state index < -0.39 is 5.54 Å². The molecule has 0 aromatic rings. The maximum atomic E-state index is 8.99. The molecule has 1 heterocycles. The molecule has 0 aromatic heterocycles. The van der Waals surface area contributed by atoms with Gasteiger partial charge in [0.2, 0.25) is 0 Å². The molecule has 4 heteroatoms. The fraction of sp³-hybridized carbons (Fsp3) is 0.929. The Labute approximate surface area is 112 Å². The normalized spacial score (nSPS) is 24.3. The average molecular weight is 252 g/mol. The molecule has 2 unspecified atom stereocenters. The summed E-state index contributed by atoms with van der Waals surface area (Å²) in [6.07, 6.45) is 0.735. The predicted octanol–water partition coefficient (Wildman–Crippen LogP) is 1.42. The maximum Gasteiger partial charge on any atom is 0.102 e. The minimum atomic E-state index is -0.708. The number of hydrogen-bond acceptors (Lipinski definition) is 4. The summed E-state index contributed by atoms with van der Waals surface area (Å²) < 4.78 is 0. The minimum Gasteiger partial charge on any atom is -0.314 e. The Morgan fingerprint density at radius 3 is 2.06 bits per heavy atom. The van der Waals surface area contributed by atoms with E-state index in [0.717, 1.165) is 32.6 Å². The lowest BCUT2D eigenvalue weighted by molar-refractivity contribution is 0.0412. The van der Waals surface area contributed by atoms with Crippen molar-refractivity contribution in [2.24, 2.45) is 5.73 Å². The summed E-state index contributed by atoms with van der Waals surface area (Å²) in [5.74, 6) is 0. The summed E-state index contributed by atoms with van der Waals surface area (Å²) in [6, 6.07) is 2.56. The molecule has 104 valence electrons. The fourth-order valence-electron chi connectivity index (χ4n) is 2.62. The van der Waals surface area contributed by atoms with Crippen LogP contribution >= 0.6 is 0 Å². The van der Waals surface area contributed by atoms with Crippen molar-refractivity contribution in [3.8, 4) is 6.07 Å². The quantitative estimate of drug-likeness (QED) is 0.825. The molecule has 0 bridgehead atoms. The van der Waals surface area contributed by atoms with Crippen LogP contribution in [0.5, 0.6) is 0 Å². The molecule has 18 heavy (non-hydrogen) atoms. The van der Waals surface area contributed by atoms with Crippen molar-refractivity contribution in [2.45, 2.75) is 58.2 Å². The van der Waals surface area contributed by atoms with Crippen LogP contribution in [0.25, 0.3) is 0 Å². The lowest BCUT2D eigenvalue weighted by Crippen LogP contribution is -2.56. The first-order valence-corrected chi connectivity index (χ1v) is 6.85. The van der Waals surface area contributed by atoms with Gasteiger partial charge in [0, 0.05) is 37.8 Å². The molecule has 0 aromatic carbocycles. The van der Waals surface area contributed by atoms with Crippen LogP contribution in [0.1, 0.15) is 41.0 Å². The molecule has 1 aliphatic heterocycles. The third kappa shape index (κ3) is 4.24. The zero-order valence-corrected chi connectivity index (χ0v) is 12.5. The van der Waals surface area contributed by atoms with Gasteiger partial charge < -0.3 is 5.73 Å². The monoisotopic (exact) mass is 252 g/mol. The molecule has 1 saturated heterocycles. The third-order valence-electron chi connectivity index (χ3n) is 3.86. The van der Waals surface area contributed by atoms with E-state index in [2.05, 4.69) is 43.6 Å². The van der Waals surface area contributed by atoms with Crippen LogP contribution in [0.2, 0.25) is 0 Å². The highest BCUT2D eigenvalue weighted by atomic mass is 15.3. The first kappa shape index (κ1) is 15.4. The Morgan fingerprint density at radius 1 is 1.17 bits per heavy atom. The van der Waals surface area contributed by atoms with Crippen LogP contribution < -0.4 is 5.73 Å². The summed E-state index contributed by atoms with van der Waals surface area (Å²) in [4.78, 5) is 4.97. The van der Waals surface area contributed by atoms with Gasteiger partial charge in [-0.05, 0) is 41.0 Å². The van der Waals surface area contributed by atoms with E-state index in [1.165, 1.54) is 0 Å². The van der Waals surface area contributed by atoms with Crippen LogP contribution in [-0.4, -0.2) is 53.1 Å². The second kappa shape index (κ2) is 5.56. The smallest absolute Gasteiger partial charge is 0.102 e. The van der Waals surface area contributed by atoms with Crippen molar-refractivity contribution in [3.05, 3.63) is 0 Å². The number of nitrogens with zero attached hydrogens (tertiary/aromatic N) is 3. The van der Waals surface area contributed by atoms with E-state index in [0.29, 0.717) is 6.04 Å².